The van der Waals surface area contributed by atoms with Gasteiger partial charge in [-0.3, -0.25) is 0 Å². The first-order valence-electron chi connectivity index (χ1n) is 5.49. The minimum atomic E-state index is -0.469. The molecule has 1 aromatic rings. The summed E-state index contributed by atoms with van der Waals surface area (Å²) in [6, 6.07) is 7.42. The Morgan fingerprint density at radius 3 is 2.59 bits per heavy atom. The van der Waals surface area contributed by atoms with Crippen molar-refractivity contribution >= 4 is 28.0 Å². The third-order valence-electron chi connectivity index (χ3n) is 1.97. The molecule has 0 aliphatic carbocycles. The molecule has 92 valence electrons. The number of hydrogen-bond acceptors (Lipinski definition) is 2. The molecule has 1 aromatic carbocycles. The molecule has 3 heteroatoms. The fourth-order valence-electron chi connectivity index (χ4n) is 1.33. The molecule has 0 saturated heterocycles. The third-order valence-corrected chi connectivity index (χ3v) is 2.34. The van der Waals surface area contributed by atoms with E-state index in [-0.39, 0.29) is 5.97 Å². The number of carbonyl (C=O) groups excluding carboxylic acids is 1. The molecule has 17 heavy (non-hydrogen) atoms. The lowest BCUT2D eigenvalue weighted by Crippen LogP contribution is -2.24. The van der Waals surface area contributed by atoms with Crippen LogP contribution in [-0.4, -0.2) is 16.9 Å². The number of alkyl halides is 1. The highest BCUT2D eigenvalue weighted by Gasteiger charge is 2.19. The fourth-order valence-corrected chi connectivity index (χ4v) is 1.52. The summed E-state index contributed by atoms with van der Waals surface area (Å²) >= 11 is 3.31. The zero-order valence-electron chi connectivity index (χ0n) is 10.4. The van der Waals surface area contributed by atoms with Gasteiger partial charge in [0.1, 0.15) is 5.60 Å². The predicted molar refractivity (Wildman–Crippen MR) is 74.4 cm³/mol. The zero-order chi connectivity index (χ0) is 12.9. The standard InChI is InChI=1S/C14H17BrO2/c1-14(2,3)17-13(16)12-9-5-4-7-11(12)8-6-10-15/h4-9H,10H2,1-3H3. The molecule has 0 N–H and O–H groups in total. The van der Waals surface area contributed by atoms with Crippen LogP contribution in [0.3, 0.4) is 0 Å². The van der Waals surface area contributed by atoms with Crippen molar-refractivity contribution in [1.82, 2.24) is 0 Å². The van der Waals surface area contributed by atoms with Crippen molar-refractivity contribution < 1.29 is 9.53 Å². The molecule has 0 aliphatic rings. The number of allylic oxidation sites excluding steroid dienone is 1. The van der Waals surface area contributed by atoms with E-state index < -0.39 is 5.60 Å². The first-order valence-corrected chi connectivity index (χ1v) is 6.61. The normalized spacial score (nSPS) is 11.8. The topological polar surface area (TPSA) is 26.3 Å². The highest BCUT2D eigenvalue weighted by atomic mass is 79.9. The van der Waals surface area contributed by atoms with Gasteiger partial charge in [-0.15, -0.1) is 0 Å². The third kappa shape index (κ3) is 4.73. The maximum atomic E-state index is 12.0. The number of ether oxygens (including phenoxy) is 1. The molecular formula is C14H17BrO2. The minimum Gasteiger partial charge on any atom is -0.456 e. The van der Waals surface area contributed by atoms with Gasteiger partial charge in [-0.2, -0.15) is 0 Å². The summed E-state index contributed by atoms with van der Waals surface area (Å²) in [7, 11) is 0. The van der Waals surface area contributed by atoms with Crippen molar-refractivity contribution in [3.8, 4) is 0 Å². The van der Waals surface area contributed by atoms with Crippen LogP contribution in [0.4, 0.5) is 0 Å². The van der Waals surface area contributed by atoms with E-state index in [1.54, 1.807) is 6.07 Å². The Kier molecular flexibility index (Phi) is 4.94. The molecule has 1 rings (SSSR count). The highest BCUT2D eigenvalue weighted by Crippen LogP contribution is 2.16. The largest absolute Gasteiger partial charge is 0.456 e. The van der Waals surface area contributed by atoms with Crippen LogP contribution in [0.25, 0.3) is 6.08 Å². The molecule has 0 heterocycles. The Bertz CT molecular complexity index is 416. The van der Waals surface area contributed by atoms with Gasteiger partial charge in [-0.1, -0.05) is 46.3 Å². The van der Waals surface area contributed by atoms with Crippen LogP contribution in [0, 0.1) is 0 Å². The second kappa shape index (κ2) is 6.01. The average molecular weight is 297 g/mol. The van der Waals surface area contributed by atoms with Crippen LogP contribution in [0.5, 0.6) is 0 Å². The van der Waals surface area contributed by atoms with Gasteiger partial charge in [0.25, 0.3) is 0 Å². The van der Waals surface area contributed by atoms with Gasteiger partial charge in [-0.25, -0.2) is 4.79 Å². The molecule has 0 amide bonds. The Morgan fingerprint density at radius 2 is 2.00 bits per heavy atom. The zero-order valence-corrected chi connectivity index (χ0v) is 12.0. The Hall–Kier alpha value is -1.09. The maximum Gasteiger partial charge on any atom is 0.339 e. The molecule has 0 atom stereocenters. The van der Waals surface area contributed by atoms with Crippen molar-refractivity contribution in [2.75, 3.05) is 5.33 Å². The van der Waals surface area contributed by atoms with E-state index in [2.05, 4.69) is 15.9 Å². The number of rotatable bonds is 3. The SMILES string of the molecule is CC(C)(C)OC(=O)c1ccccc1C=CCBr. The number of halogens is 1. The summed E-state index contributed by atoms with van der Waals surface area (Å²) in [6.07, 6.45) is 3.86. The molecule has 0 radical (unpaired) electrons. The van der Waals surface area contributed by atoms with Crippen molar-refractivity contribution in [3.05, 3.63) is 41.5 Å². The molecule has 0 unspecified atom stereocenters. The van der Waals surface area contributed by atoms with Crippen LogP contribution >= 0.6 is 15.9 Å². The van der Waals surface area contributed by atoms with Crippen LogP contribution in [0.15, 0.2) is 30.3 Å². The van der Waals surface area contributed by atoms with E-state index in [0.29, 0.717) is 5.56 Å². The maximum absolute atomic E-state index is 12.0. The first-order chi connectivity index (χ1) is 7.94. The first kappa shape index (κ1) is 14.0. The summed E-state index contributed by atoms with van der Waals surface area (Å²) in [4.78, 5) is 12.0. The molecule has 0 aliphatic heterocycles. The van der Waals surface area contributed by atoms with E-state index >= 15 is 0 Å². The number of hydrogen-bond donors (Lipinski definition) is 0. The van der Waals surface area contributed by atoms with E-state index in [4.69, 9.17) is 4.74 Å². The van der Waals surface area contributed by atoms with Crippen LogP contribution in [-0.2, 0) is 4.74 Å². The quantitative estimate of drug-likeness (QED) is 0.621. The smallest absolute Gasteiger partial charge is 0.339 e. The lowest BCUT2D eigenvalue weighted by Gasteiger charge is -2.20. The average Bonchev–Trinajstić information content (AvgIpc) is 2.24. The van der Waals surface area contributed by atoms with Crippen LogP contribution in [0.2, 0.25) is 0 Å². The van der Waals surface area contributed by atoms with Crippen molar-refractivity contribution in [2.45, 2.75) is 26.4 Å². The molecular weight excluding hydrogens is 280 g/mol. The summed E-state index contributed by atoms with van der Waals surface area (Å²) in [6.45, 7) is 5.59. The van der Waals surface area contributed by atoms with Gasteiger partial charge < -0.3 is 4.74 Å². The molecule has 0 aromatic heterocycles. The van der Waals surface area contributed by atoms with E-state index in [1.807, 2.05) is 51.1 Å². The van der Waals surface area contributed by atoms with Crippen molar-refractivity contribution in [2.24, 2.45) is 0 Å². The Morgan fingerprint density at radius 1 is 1.35 bits per heavy atom. The second-order valence-electron chi connectivity index (χ2n) is 4.65. The molecule has 0 bridgehead atoms. The monoisotopic (exact) mass is 296 g/mol. The predicted octanol–water partition coefficient (Wildman–Crippen LogP) is 4.05. The molecule has 2 nitrogen and oxygen atoms in total. The highest BCUT2D eigenvalue weighted by molar-refractivity contribution is 9.09. The van der Waals surface area contributed by atoms with Gasteiger partial charge in [0.05, 0.1) is 5.56 Å². The second-order valence-corrected chi connectivity index (χ2v) is 5.29. The minimum absolute atomic E-state index is 0.285. The van der Waals surface area contributed by atoms with Gasteiger partial charge in [0.2, 0.25) is 0 Å². The van der Waals surface area contributed by atoms with Crippen molar-refractivity contribution in [3.63, 3.8) is 0 Å². The lowest BCUT2D eigenvalue weighted by molar-refractivity contribution is 0.00693. The van der Waals surface area contributed by atoms with Crippen LogP contribution < -0.4 is 0 Å². The summed E-state index contributed by atoms with van der Waals surface area (Å²) in [5.41, 5.74) is 1.00. The lowest BCUT2D eigenvalue weighted by atomic mass is 10.1. The van der Waals surface area contributed by atoms with E-state index in [0.717, 1.165) is 10.9 Å². The Labute approximate surface area is 111 Å². The number of benzene rings is 1. The molecule has 0 spiro atoms. The Balaban J connectivity index is 2.97. The summed E-state index contributed by atoms with van der Waals surface area (Å²) < 4.78 is 5.36. The van der Waals surface area contributed by atoms with Gasteiger partial charge in [0.15, 0.2) is 0 Å². The molecule has 0 fully saturated rings. The number of carbonyl (C=O) groups is 1. The van der Waals surface area contributed by atoms with E-state index in [9.17, 15) is 4.79 Å². The van der Waals surface area contributed by atoms with Gasteiger partial charge in [-0.05, 0) is 32.4 Å². The van der Waals surface area contributed by atoms with Gasteiger partial charge in [0, 0.05) is 5.33 Å². The van der Waals surface area contributed by atoms with Crippen molar-refractivity contribution in [1.29, 1.82) is 0 Å². The fraction of sp³-hybridized carbons (Fsp3) is 0.357. The van der Waals surface area contributed by atoms with Gasteiger partial charge >= 0.3 is 5.97 Å². The molecule has 0 saturated carbocycles. The summed E-state index contributed by atoms with van der Waals surface area (Å²) in [5, 5.41) is 0.760. The summed E-state index contributed by atoms with van der Waals surface area (Å²) in [5.74, 6) is -0.285. The number of esters is 1. The van der Waals surface area contributed by atoms with E-state index in [1.165, 1.54) is 0 Å². The van der Waals surface area contributed by atoms with Crippen LogP contribution in [0.1, 0.15) is 36.7 Å².